The first-order valence-corrected chi connectivity index (χ1v) is 7.86. The van der Waals surface area contributed by atoms with E-state index >= 15 is 0 Å². The molecule has 1 amide bonds. The molecule has 1 N–H and O–H groups in total. The maximum atomic E-state index is 13.2. The third-order valence-electron chi connectivity index (χ3n) is 3.36. The summed E-state index contributed by atoms with van der Waals surface area (Å²) in [6.07, 6.45) is -0.559. The average molecular weight is 348 g/mol. The standard InChI is InChI=1S/C16H13FN2O4S/c1-22-16(21)13-5-6-14(24-13)18-15(20)12-8-11(19-23-12)9-3-2-4-10(17)7-9/h2-7,12H,8H2,1H3,(H,18,20). The molecular formula is C16H13FN2O4S. The van der Waals surface area contributed by atoms with Gasteiger partial charge in [0.15, 0.2) is 0 Å². The lowest BCUT2D eigenvalue weighted by Crippen LogP contribution is -2.27. The van der Waals surface area contributed by atoms with E-state index in [9.17, 15) is 14.0 Å². The molecule has 2 aromatic rings. The van der Waals surface area contributed by atoms with Crippen LogP contribution in [0.5, 0.6) is 0 Å². The number of benzene rings is 1. The summed E-state index contributed by atoms with van der Waals surface area (Å²) < 4.78 is 17.9. The number of thiophene rings is 1. The molecule has 8 heteroatoms. The van der Waals surface area contributed by atoms with Crippen LogP contribution in [0.25, 0.3) is 0 Å². The van der Waals surface area contributed by atoms with E-state index in [1.54, 1.807) is 24.3 Å². The number of amides is 1. The van der Waals surface area contributed by atoms with Crippen LogP contribution in [-0.2, 0) is 14.4 Å². The molecule has 1 atom stereocenters. The Kier molecular flexibility index (Phi) is 4.57. The number of rotatable bonds is 4. The summed E-state index contributed by atoms with van der Waals surface area (Å²) in [4.78, 5) is 29.1. The number of nitrogens with zero attached hydrogens (tertiary/aromatic N) is 1. The van der Waals surface area contributed by atoms with Crippen LogP contribution in [0.2, 0.25) is 0 Å². The molecule has 0 saturated carbocycles. The van der Waals surface area contributed by atoms with Gasteiger partial charge in [0, 0.05) is 12.0 Å². The van der Waals surface area contributed by atoms with Crippen LogP contribution in [-0.4, -0.2) is 30.8 Å². The van der Waals surface area contributed by atoms with Gasteiger partial charge < -0.3 is 14.9 Å². The van der Waals surface area contributed by atoms with Crippen molar-refractivity contribution in [3.8, 4) is 0 Å². The van der Waals surface area contributed by atoms with Crippen molar-refractivity contribution >= 4 is 33.9 Å². The molecule has 1 aliphatic rings. The van der Waals surface area contributed by atoms with Gasteiger partial charge in [-0.15, -0.1) is 11.3 Å². The molecule has 1 aromatic carbocycles. The fourth-order valence-corrected chi connectivity index (χ4v) is 3.00. The molecule has 1 aromatic heterocycles. The van der Waals surface area contributed by atoms with Crippen molar-refractivity contribution in [2.45, 2.75) is 12.5 Å². The van der Waals surface area contributed by atoms with E-state index in [1.807, 2.05) is 0 Å². The monoisotopic (exact) mass is 348 g/mol. The summed E-state index contributed by atoms with van der Waals surface area (Å²) >= 11 is 1.10. The molecule has 24 heavy (non-hydrogen) atoms. The maximum Gasteiger partial charge on any atom is 0.348 e. The van der Waals surface area contributed by atoms with Crippen LogP contribution < -0.4 is 5.32 Å². The zero-order chi connectivity index (χ0) is 17.1. The van der Waals surface area contributed by atoms with Crippen molar-refractivity contribution in [3.63, 3.8) is 0 Å². The number of hydrogen-bond donors (Lipinski definition) is 1. The highest BCUT2D eigenvalue weighted by atomic mass is 32.1. The van der Waals surface area contributed by atoms with Crippen LogP contribution in [0.3, 0.4) is 0 Å². The molecule has 0 radical (unpaired) electrons. The Hall–Kier alpha value is -2.74. The van der Waals surface area contributed by atoms with Crippen molar-refractivity contribution in [3.05, 3.63) is 52.7 Å². The highest BCUT2D eigenvalue weighted by molar-refractivity contribution is 7.18. The van der Waals surface area contributed by atoms with Gasteiger partial charge in [0.05, 0.1) is 17.8 Å². The molecular weight excluding hydrogens is 335 g/mol. The predicted octanol–water partition coefficient (Wildman–Crippen LogP) is 2.81. The van der Waals surface area contributed by atoms with Gasteiger partial charge in [-0.05, 0) is 24.3 Å². The summed E-state index contributed by atoms with van der Waals surface area (Å²) in [6.45, 7) is 0. The number of carbonyl (C=O) groups is 2. The lowest BCUT2D eigenvalue weighted by atomic mass is 10.0. The van der Waals surface area contributed by atoms with Gasteiger partial charge in [-0.25, -0.2) is 9.18 Å². The molecule has 1 unspecified atom stereocenters. The molecule has 124 valence electrons. The maximum absolute atomic E-state index is 13.2. The Bertz CT molecular complexity index is 818. The van der Waals surface area contributed by atoms with Gasteiger partial charge in [0.25, 0.3) is 5.91 Å². The van der Waals surface area contributed by atoms with Crippen LogP contribution in [0.4, 0.5) is 9.39 Å². The van der Waals surface area contributed by atoms with Gasteiger partial charge in [0.1, 0.15) is 10.7 Å². The quantitative estimate of drug-likeness (QED) is 0.862. The number of oxime groups is 1. The smallest absolute Gasteiger partial charge is 0.348 e. The second kappa shape index (κ2) is 6.79. The molecule has 2 heterocycles. The summed E-state index contributed by atoms with van der Waals surface area (Å²) in [6, 6.07) is 9.12. The lowest BCUT2D eigenvalue weighted by Gasteiger charge is -2.07. The van der Waals surface area contributed by atoms with Gasteiger partial charge in [-0.3, -0.25) is 4.79 Å². The Morgan fingerprint density at radius 3 is 2.96 bits per heavy atom. The Labute approximate surface area is 140 Å². The normalized spacial score (nSPS) is 16.2. The minimum Gasteiger partial charge on any atom is -0.465 e. The molecule has 6 nitrogen and oxygen atoms in total. The zero-order valence-corrected chi connectivity index (χ0v) is 13.4. The Morgan fingerprint density at radius 1 is 1.38 bits per heavy atom. The van der Waals surface area contributed by atoms with Crippen LogP contribution >= 0.6 is 11.3 Å². The minimum absolute atomic E-state index is 0.241. The number of methoxy groups -OCH3 is 1. The summed E-state index contributed by atoms with van der Waals surface area (Å²) in [5.74, 6) is -1.23. The van der Waals surface area contributed by atoms with E-state index in [4.69, 9.17) is 4.84 Å². The number of esters is 1. The Balaban J connectivity index is 1.61. The number of nitrogens with one attached hydrogen (secondary N) is 1. The van der Waals surface area contributed by atoms with Crippen LogP contribution in [0.15, 0.2) is 41.6 Å². The molecule has 0 fully saturated rings. The molecule has 3 rings (SSSR count). The van der Waals surface area contributed by atoms with Crippen molar-refractivity contribution in [1.29, 1.82) is 0 Å². The predicted molar refractivity (Wildman–Crippen MR) is 86.7 cm³/mol. The van der Waals surface area contributed by atoms with Gasteiger partial charge in [-0.1, -0.05) is 17.3 Å². The molecule has 1 aliphatic heterocycles. The van der Waals surface area contributed by atoms with Crippen molar-refractivity contribution in [2.24, 2.45) is 5.16 Å². The topological polar surface area (TPSA) is 77.0 Å². The van der Waals surface area contributed by atoms with E-state index in [0.29, 0.717) is 21.2 Å². The van der Waals surface area contributed by atoms with E-state index < -0.39 is 12.1 Å². The molecule has 0 spiro atoms. The van der Waals surface area contributed by atoms with Gasteiger partial charge in [-0.2, -0.15) is 0 Å². The van der Waals surface area contributed by atoms with E-state index in [0.717, 1.165) is 11.3 Å². The lowest BCUT2D eigenvalue weighted by molar-refractivity contribution is -0.125. The van der Waals surface area contributed by atoms with E-state index in [-0.39, 0.29) is 18.1 Å². The number of anilines is 1. The third kappa shape index (κ3) is 3.43. The zero-order valence-electron chi connectivity index (χ0n) is 12.6. The minimum atomic E-state index is -0.799. The number of hydrogen-bond acceptors (Lipinski definition) is 6. The van der Waals surface area contributed by atoms with E-state index in [1.165, 1.54) is 19.2 Å². The van der Waals surface area contributed by atoms with Gasteiger partial charge in [0.2, 0.25) is 6.10 Å². The second-order valence-electron chi connectivity index (χ2n) is 4.99. The Morgan fingerprint density at radius 2 is 2.21 bits per heavy atom. The third-order valence-corrected chi connectivity index (χ3v) is 4.34. The summed E-state index contributed by atoms with van der Waals surface area (Å²) in [7, 11) is 1.29. The first-order valence-electron chi connectivity index (χ1n) is 7.04. The van der Waals surface area contributed by atoms with Gasteiger partial charge >= 0.3 is 5.97 Å². The van der Waals surface area contributed by atoms with Crippen LogP contribution in [0, 0.1) is 5.82 Å². The average Bonchev–Trinajstić information content (AvgIpc) is 3.23. The highest BCUT2D eigenvalue weighted by Crippen LogP contribution is 2.24. The summed E-state index contributed by atoms with van der Waals surface area (Å²) in [5, 5.41) is 7.03. The first-order chi connectivity index (χ1) is 11.6. The number of ether oxygens (including phenoxy) is 1. The summed E-state index contributed by atoms with van der Waals surface area (Å²) in [5.41, 5.74) is 1.09. The SMILES string of the molecule is COC(=O)c1ccc(NC(=O)C2CC(c3cccc(F)c3)=NO2)s1. The molecule has 0 bridgehead atoms. The van der Waals surface area contributed by atoms with E-state index in [2.05, 4.69) is 15.2 Å². The van der Waals surface area contributed by atoms with Crippen molar-refractivity contribution < 1.29 is 23.6 Å². The van der Waals surface area contributed by atoms with Crippen molar-refractivity contribution in [1.82, 2.24) is 0 Å². The second-order valence-corrected chi connectivity index (χ2v) is 6.08. The number of carbonyl (C=O) groups excluding carboxylic acids is 2. The fraction of sp³-hybridized carbons (Fsp3) is 0.188. The largest absolute Gasteiger partial charge is 0.465 e. The molecule has 0 aliphatic carbocycles. The highest BCUT2D eigenvalue weighted by Gasteiger charge is 2.29. The fourth-order valence-electron chi connectivity index (χ4n) is 2.17. The first kappa shape index (κ1) is 16.1. The van der Waals surface area contributed by atoms with Crippen molar-refractivity contribution in [2.75, 3.05) is 12.4 Å². The van der Waals surface area contributed by atoms with Crippen LogP contribution in [0.1, 0.15) is 21.7 Å². The number of halogens is 1. The molecule has 0 saturated heterocycles.